The maximum Gasteiger partial charge on any atom is 0.451 e. The van der Waals surface area contributed by atoms with E-state index in [0.29, 0.717) is 6.04 Å². The quantitative estimate of drug-likeness (QED) is 0.860. The van der Waals surface area contributed by atoms with Crippen LogP contribution >= 0.6 is 0 Å². The minimum Gasteiger partial charge on any atom is -0.371 e. The number of piperidine rings is 1. The fraction of sp³-hybridized carbons (Fsp3) is 0.556. The fourth-order valence-electron chi connectivity index (χ4n) is 3.96. The van der Waals surface area contributed by atoms with Crippen molar-refractivity contribution in [2.24, 2.45) is 5.41 Å². The van der Waals surface area contributed by atoms with Crippen LogP contribution in [0, 0.1) is 5.41 Å². The first-order valence-electron chi connectivity index (χ1n) is 8.74. The minimum atomic E-state index is -4.56. The van der Waals surface area contributed by atoms with Crippen LogP contribution in [-0.2, 0) is 10.9 Å². The SMILES string of the molecule is CC1(C23CCC(CO2)NC3)C=CC(Nc2ccnc(C(F)(F)F)n2)=CC1. The van der Waals surface area contributed by atoms with Gasteiger partial charge in [0.15, 0.2) is 0 Å². The van der Waals surface area contributed by atoms with Gasteiger partial charge in [0.2, 0.25) is 5.82 Å². The summed E-state index contributed by atoms with van der Waals surface area (Å²) in [5.41, 5.74) is 0.348. The number of alkyl halides is 3. The monoisotopic (exact) mass is 366 g/mol. The molecule has 3 unspecified atom stereocenters. The van der Waals surface area contributed by atoms with Crippen LogP contribution in [0.2, 0.25) is 0 Å². The molecule has 0 saturated carbocycles. The van der Waals surface area contributed by atoms with E-state index in [2.05, 4.69) is 33.6 Å². The Bertz CT molecular complexity index is 739. The molecule has 3 atom stereocenters. The number of ether oxygens (including phenoxy) is 1. The van der Waals surface area contributed by atoms with Gasteiger partial charge in [-0.05, 0) is 31.4 Å². The van der Waals surface area contributed by atoms with Gasteiger partial charge in [-0.3, -0.25) is 0 Å². The van der Waals surface area contributed by atoms with Gasteiger partial charge in [0, 0.05) is 29.9 Å². The lowest BCUT2D eigenvalue weighted by molar-refractivity contribution is -0.173. The van der Waals surface area contributed by atoms with Gasteiger partial charge in [-0.15, -0.1) is 0 Å². The lowest BCUT2D eigenvalue weighted by Gasteiger charge is -2.55. The number of hydrogen-bond donors (Lipinski definition) is 2. The molecule has 8 heteroatoms. The average Bonchev–Trinajstić information content (AvgIpc) is 2.65. The molecule has 3 fully saturated rings. The van der Waals surface area contributed by atoms with Gasteiger partial charge in [-0.1, -0.05) is 19.1 Å². The highest BCUT2D eigenvalue weighted by molar-refractivity contribution is 5.46. The van der Waals surface area contributed by atoms with Gasteiger partial charge in [0.1, 0.15) is 5.82 Å². The molecule has 3 aliphatic heterocycles. The normalized spacial score (nSPS) is 33.8. The Morgan fingerprint density at radius 1 is 1.38 bits per heavy atom. The van der Waals surface area contributed by atoms with Gasteiger partial charge < -0.3 is 15.4 Å². The largest absolute Gasteiger partial charge is 0.451 e. The highest BCUT2D eigenvalue weighted by atomic mass is 19.4. The van der Waals surface area contributed by atoms with Crippen LogP contribution in [-0.4, -0.2) is 34.8 Å². The highest BCUT2D eigenvalue weighted by Crippen LogP contribution is 2.48. The van der Waals surface area contributed by atoms with Gasteiger partial charge >= 0.3 is 6.18 Å². The Labute approximate surface area is 149 Å². The van der Waals surface area contributed by atoms with Crippen molar-refractivity contribution in [1.29, 1.82) is 0 Å². The maximum absolute atomic E-state index is 12.7. The molecule has 0 spiro atoms. The second-order valence-electron chi connectivity index (χ2n) is 7.42. The summed E-state index contributed by atoms with van der Waals surface area (Å²) in [4.78, 5) is 6.82. The number of hydrogen-bond acceptors (Lipinski definition) is 5. The summed E-state index contributed by atoms with van der Waals surface area (Å²) in [6, 6.07) is 1.88. The predicted octanol–water partition coefficient (Wildman–Crippen LogP) is 3.28. The molecule has 0 aromatic carbocycles. The molecule has 5 nitrogen and oxygen atoms in total. The molecule has 0 amide bonds. The van der Waals surface area contributed by atoms with Crippen LogP contribution < -0.4 is 10.6 Å². The summed E-state index contributed by atoms with van der Waals surface area (Å²) in [5, 5.41) is 6.48. The topological polar surface area (TPSA) is 59.1 Å². The van der Waals surface area contributed by atoms with Gasteiger partial charge in [-0.2, -0.15) is 13.2 Å². The van der Waals surface area contributed by atoms with Crippen LogP contribution in [0.4, 0.5) is 19.0 Å². The van der Waals surface area contributed by atoms with E-state index in [4.69, 9.17) is 4.74 Å². The third kappa shape index (κ3) is 3.01. The van der Waals surface area contributed by atoms with E-state index in [-0.39, 0.29) is 16.8 Å². The molecule has 3 saturated heterocycles. The van der Waals surface area contributed by atoms with Crippen molar-refractivity contribution in [2.75, 3.05) is 18.5 Å². The smallest absolute Gasteiger partial charge is 0.371 e. The van der Waals surface area contributed by atoms with E-state index < -0.39 is 12.0 Å². The molecule has 2 N–H and O–H groups in total. The van der Waals surface area contributed by atoms with Crippen LogP contribution in [0.3, 0.4) is 0 Å². The number of allylic oxidation sites excluding steroid dienone is 2. The predicted molar refractivity (Wildman–Crippen MR) is 90.3 cm³/mol. The van der Waals surface area contributed by atoms with Crippen molar-refractivity contribution >= 4 is 5.82 Å². The molecule has 1 aromatic heterocycles. The number of nitrogens with zero attached hydrogens (tertiary/aromatic N) is 2. The number of morpholine rings is 1. The van der Waals surface area contributed by atoms with Crippen molar-refractivity contribution in [3.05, 3.63) is 42.0 Å². The first kappa shape index (κ1) is 17.5. The molecular formula is C18H21F3N4O. The van der Waals surface area contributed by atoms with Gasteiger partial charge in [0.05, 0.1) is 12.2 Å². The number of aromatic nitrogens is 2. The number of nitrogens with one attached hydrogen (secondary N) is 2. The van der Waals surface area contributed by atoms with E-state index in [9.17, 15) is 13.2 Å². The molecule has 26 heavy (non-hydrogen) atoms. The number of halogens is 3. The van der Waals surface area contributed by atoms with Crippen molar-refractivity contribution < 1.29 is 17.9 Å². The van der Waals surface area contributed by atoms with Crippen molar-refractivity contribution in [3.63, 3.8) is 0 Å². The van der Waals surface area contributed by atoms with Gasteiger partial charge in [0.25, 0.3) is 0 Å². The highest BCUT2D eigenvalue weighted by Gasteiger charge is 2.52. The van der Waals surface area contributed by atoms with E-state index in [1.165, 1.54) is 6.07 Å². The first-order valence-corrected chi connectivity index (χ1v) is 8.74. The zero-order chi connectivity index (χ0) is 18.4. The Morgan fingerprint density at radius 3 is 2.81 bits per heavy atom. The third-order valence-corrected chi connectivity index (χ3v) is 5.73. The fourth-order valence-corrected chi connectivity index (χ4v) is 3.96. The van der Waals surface area contributed by atoms with E-state index >= 15 is 0 Å². The molecule has 0 radical (unpaired) electrons. The lowest BCUT2D eigenvalue weighted by atomic mass is 9.64. The zero-order valence-electron chi connectivity index (χ0n) is 14.4. The summed E-state index contributed by atoms with van der Waals surface area (Å²) in [6.45, 7) is 3.74. The van der Waals surface area contributed by atoms with E-state index in [1.807, 2.05) is 12.2 Å². The molecular weight excluding hydrogens is 345 g/mol. The van der Waals surface area contributed by atoms with E-state index in [0.717, 1.165) is 44.3 Å². The second kappa shape index (κ2) is 6.06. The second-order valence-corrected chi connectivity index (χ2v) is 7.42. The molecule has 2 bridgehead atoms. The molecule has 4 heterocycles. The average molecular weight is 366 g/mol. The summed E-state index contributed by atoms with van der Waals surface area (Å²) in [5.74, 6) is -1.02. The van der Waals surface area contributed by atoms with Crippen LogP contribution in [0.1, 0.15) is 32.0 Å². The standard InChI is InChI=1S/C18H21F3N4O/c1-16(17-8-4-13(10-26-17)23-11-17)6-2-12(3-7-16)24-14-5-9-22-15(25-14)18(19,20)21/h2-3,5-6,9,13,23H,4,7-8,10-11H2,1H3,(H,22,24,25). The molecule has 1 aromatic rings. The molecule has 5 rings (SSSR count). The van der Waals surface area contributed by atoms with Crippen molar-refractivity contribution in [1.82, 2.24) is 15.3 Å². The van der Waals surface area contributed by atoms with Crippen LogP contribution in [0.25, 0.3) is 0 Å². The number of anilines is 1. The minimum absolute atomic E-state index is 0.126. The van der Waals surface area contributed by atoms with E-state index in [1.54, 1.807) is 0 Å². The Morgan fingerprint density at radius 2 is 2.23 bits per heavy atom. The maximum atomic E-state index is 12.7. The van der Waals surface area contributed by atoms with Crippen molar-refractivity contribution in [3.8, 4) is 0 Å². The zero-order valence-corrected chi connectivity index (χ0v) is 14.4. The number of fused-ring (bicyclic) bond motifs is 3. The Kier molecular flexibility index (Phi) is 4.07. The van der Waals surface area contributed by atoms with Gasteiger partial charge in [-0.25, -0.2) is 9.97 Å². The Balaban J connectivity index is 1.48. The lowest BCUT2D eigenvalue weighted by Crippen LogP contribution is -2.65. The summed E-state index contributed by atoms with van der Waals surface area (Å²) in [6.07, 6.45) is 5.42. The summed E-state index contributed by atoms with van der Waals surface area (Å²) in [7, 11) is 0. The molecule has 1 aliphatic carbocycles. The summed E-state index contributed by atoms with van der Waals surface area (Å²) >= 11 is 0. The van der Waals surface area contributed by atoms with Crippen LogP contribution in [0.5, 0.6) is 0 Å². The number of rotatable bonds is 3. The first-order chi connectivity index (χ1) is 12.3. The summed E-state index contributed by atoms with van der Waals surface area (Å²) < 4.78 is 44.4. The third-order valence-electron chi connectivity index (χ3n) is 5.73. The molecule has 4 aliphatic rings. The Hall–Kier alpha value is -1.93. The molecule has 140 valence electrons. The van der Waals surface area contributed by atoms with Crippen molar-refractivity contribution in [2.45, 2.75) is 44.0 Å². The van der Waals surface area contributed by atoms with Crippen LogP contribution in [0.15, 0.2) is 36.2 Å².